The van der Waals surface area contributed by atoms with Gasteiger partial charge in [0.15, 0.2) is 0 Å². The first kappa shape index (κ1) is 12.5. The van der Waals surface area contributed by atoms with Crippen LogP contribution >= 0.6 is 0 Å². The summed E-state index contributed by atoms with van der Waals surface area (Å²) < 4.78 is 1.45. The van der Waals surface area contributed by atoms with Gasteiger partial charge in [-0.15, -0.1) is 0 Å². The Hall–Kier alpha value is 0.539. The van der Waals surface area contributed by atoms with Crippen LogP contribution < -0.4 is 0 Å². The summed E-state index contributed by atoms with van der Waals surface area (Å²) in [6.07, 6.45) is 13.3. The van der Waals surface area contributed by atoms with Crippen LogP contribution in [0.3, 0.4) is 0 Å². The van der Waals surface area contributed by atoms with Gasteiger partial charge in [0.1, 0.15) is 0 Å². The first-order valence-electron chi connectivity index (χ1n) is 5.17. The average molecular weight is 272 g/mol. The fourth-order valence-electron chi connectivity index (χ4n) is 1.30. The van der Waals surface area contributed by atoms with Crippen LogP contribution in [0, 0.1) is 0 Å². The molecule has 69 valence electrons. The van der Waals surface area contributed by atoms with Gasteiger partial charge in [-0.3, -0.25) is 0 Å². The van der Waals surface area contributed by atoms with Crippen LogP contribution in [0.2, 0.25) is 4.44 Å². The number of allylic oxidation sites excluding steroid dienone is 1. The normalized spacial score (nSPS) is 10.1. The Kier molecular flexibility index (Phi) is 12.1. The second kappa shape index (κ2) is 11.5. The Labute approximate surface area is 90.9 Å². The van der Waals surface area contributed by atoms with E-state index in [1.165, 1.54) is 55.8 Å². The van der Waals surface area contributed by atoms with E-state index in [1.807, 2.05) is 6.08 Å². The van der Waals surface area contributed by atoms with Gasteiger partial charge in [-0.25, -0.2) is 0 Å². The van der Waals surface area contributed by atoms with Gasteiger partial charge in [0, 0.05) is 0 Å². The fraction of sp³-hybridized carbons (Fsp3) is 0.818. The molecule has 0 aromatic heterocycles. The number of rotatable bonds is 9. The predicted octanol–water partition coefficient (Wildman–Crippen LogP) is 3.88. The minimum absolute atomic E-state index is 1.21. The third kappa shape index (κ3) is 10.5. The Balaban J connectivity index is 2.77. The van der Waals surface area contributed by atoms with Crippen LogP contribution in [0.5, 0.6) is 0 Å². The Morgan fingerprint density at radius 2 is 1.33 bits per heavy atom. The summed E-state index contributed by atoms with van der Waals surface area (Å²) >= 11 is 1.70. The van der Waals surface area contributed by atoms with Crippen molar-refractivity contribution in [2.75, 3.05) is 0 Å². The molecule has 0 saturated carbocycles. The topological polar surface area (TPSA) is 0 Å². The quantitative estimate of drug-likeness (QED) is 0.339. The van der Waals surface area contributed by atoms with Crippen molar-refractivity contribution >= 4 is 22.5 Å². The molecular formula is C11H21Sn. The second-order valence-electron chi connectivity index (χ2n) is 3.30. The van der Waals surface area contributed by atoms with E-state index in [4.69, 9.17) is 0 Å². The Morgan fingerprint density at radius 1 is 0.833 bits per heavy atom. The number of unbranched alkanes of at least 4 members (excludes halogenated alkanes) is 7. The van der Waals surface area contributed by atoms with Gasteiger partial charge >= 0.3 is 91.0 Å². The van der Waals surface area contributed by atoms with Gasteiger partial charge in [-0.1, -0.05) is 0 Å². The standard InChI is InChI=1S/C11H21.Sn/c1-3-5-7-9-11-10-8-6-4-2;/h3H,1-2,4-11H2;. The first-order valence-corrected chi connectivity index (χ1v) is 7.19. The molecule has 0 aromatic rings. The molecular weight excluding hydrogens is 251 g/mol. The SMILES string of the molecule is C=CCCCCCCCC[CH2][Sn]. The van der Waals surface area contributed by atoms with Gasteiger partial charge in [0.2, 0.25) is 0 Å². The van der Waals surface area contributed by atoms with Crippen LogP contribution in [-0.4, -0.2) is 22.5 Å². The molecule has 12 heavy (non-hydrogen) atoms. The zero-order valence-corrected chi connectivity index (χ0v) is 11.0. The zero-order valence-electron chi connectivity index (χ0n) is 8.15. The van der Waals surface area contributed by atoms with Crippen molar-refractivity contribution in [3.8, 4) is 0 Å². The summed E-state index contributed by atoms with van der Waals surface area (Å²) in [5.74, 6) is 0. The second-order valence-corrected chi connectivity index (χ2v) is 4.73. The molecule has 0 aliphatic heterocycles. The van der Waals surface area contributed by atoms with Crippen molar-refractivity contribution in [1.82, 2.24) is 0 Å². The summed E-state index contributed by atoms with van der Waals surface area (Å²) in [6.45, 7) is 3.72. The third-order valence-corrected chi connectivity index (χ3v) is 3.09. The minimum atomic E-state index is 1.21. The first-order chi connectivity index (χ1) is 5.91. The van der Waals surface area contributed by atoms with Crippen LogP contribution in [0.15, 0.2) is 12.7 Å². The van der Waals surface area contributed by atoms with E-state index >= 15 is 0 Å². The van der Waals surface area contributed by atoms with E-state index < -0.39 is 0 Å². The van der Waals surface area contributed by atoms with E-state index in [1.54, 1.807) is 22.5 Å². The molecule has 0 bridgehead atoms. The molecule has 0 aliphatic carbocycles. The summed E-state index contributed by atoms with van der Waals surface area (Å²) in [7, 11) is 0. The van der Waals surface area contributed by atoms with Crippen LogP contribution in [-0.2, 0) is 0 Å². The van der Waals surface area contributed by atoms with Crippen molar-refractivity contribution in [2.24, 2.45) is 0 Å². The van der Waals surface area contributed by atoms with E-state index in [9.17, 15) is 0 Å². The maximum absolute atomic E-state index is 3.72. The van der Waals surface area contributed by atoms with E-state index in [-0.39, 0.29) is 0 Å². The number of hydrogen-bond acceptors (Lipinski definition) is 0. The molecule has 0 saturated heterocycles. The van der Waals surface area contributed by atoms with Crippen molar-refractivity contribution in [1.29, 1.82) is 0 Å². The van der Waals surface area contributed by atoms with Crippen molar-refractivity contribution in [3.63, 3.8) is 0 Å². The molecule has 0 N–H and O–H groups in total. The molecule has 1 heteroatoms. The van der Waals surface area contributed by atoms with E-state index in [2.05, 4.69) is 6.58 Å². The Morgan fingerprint density at radius 3 is 1.83 bits per heavy atom. The van der Waals surface area contributed by atoms with Crippen molar-refractivity contribution in [2.45, 2.75) is 55.8 Å². The van der Waals surface area contributed by atoms with Crippen LogP contribution in [0.25, 0.3) is 0 Å². The van der Waals surface area contributed by atoms with Gasteiger partial charge in [-0.2, -0.15) is 0 Å². The molecule has 0 heterocycles. The molecule has 0 amide bonds. The molecule has 0 atom stereocenters. The molecule has 0 rings (SSSR count). The van der Waals surface area contributed by atoms with Gasteiger partial charge in [0.25, 0.3) is 0 Å². The zero-order chi connectivity index (χ0) is 9.07. The van der Waals surface area contributed by atoms with Crippen molar-refractivity contribution in [3.05, 3.63) is 12.7 Å². The average Bonchev–Trinajstić information content (AvgIpc) is 2.10. The molecule has 0 aromatic carbocycles. The van der Waals surface area contributed by atoms with Gasteiger partial charge in [0.05, 0.1) is 0 Å². The molecule has 0 nitrogen and oxygen atoms in total. The molecule has 0 spiro atoms. The Bertz CT molecular complexity index is 89.0. The molecule has 0 aliphatic rings. The summed E-state index contributed by atoms with van der Waals surface area (Å²) in [5.41, 5.74) is 0. The van der Waals surface area contributed by atoms with Crippen LogP contribution in [0.1, 0.15) is 51.4 Å². The number of hydrogen-bond donors (Lipinski definition) is 0. The molecule has 0 fully saturated rings. The maximum atomic E-state index is 3.72. The molecule has 0 unspecified atom stereocenters. The third-order valence-electron chi connectivity index (χ3n) is 2.09. The predicted molar refractivity (Wildman–Crippen MR) is 57.7 cm³/mol. The summed E-state index contributed by atoms with van der Waals surface area (Å²) in [4.78, 5) is 0. The summed E-state index contributed by atoms with van der Waals surface area (Å²) in [5, 5.41) is 0. The van der Waals surface area contributed by atoms with E-state index in [0.29, 0.717) is 0 Å². The monoisotopic (exact) mass is 273 g/mol. The fourth-order valence-corrected chi connectivity index (χ4v) is 2.01. The van der Waals surface area contributed by atoms with E-state index in [0.717, 1.165) is 0 Å². The molecule has 3 radical (unpaired) electrons. The van der Waals surface area contributed by atoms with Gasteiger partial charge in [-0.05, 0) is 0 Å². The van der Waals surface area contributed by atoms with Crippen molar-refractivity contribution < 1.29 is 0 Å². The summed E-state index contributed by atoms with van der Waals surface area (Å²) in [6, 6.07) is 0. The van der Waals surface area contributed by atoms with Crippen LogP contribution in [0.4, 0.5) is 0 Å². The van der Waals surface area contributed by atoms with Gasteiger partial charge < -0.3 is 0 Å².